The molecule has 1 heterocycles. The summed E-state index contributed by atoms with van der Waals surface area (Å²) in [6.45, 7) is 3.59. The lowest BCUT2D eigenvalue weighted by Gasteiger charge is -2.22. The molecule has 4 rings (SSSR count). The Labute approximate surface area is 183 Å². The average Bonchev–Trinajstić information content (AvgIpc) is 3.12. The summed E-state index contributed by atoms with van der Waals surface area (Å²) < 4.78 is 7.39. The highest BCUT2D eigenvalue weighted by molar-refractivity contribution is 5.99. The second-order valence-corrected chi connectivity index (χ2v) is 8.41. The third-order valence-electron chi connectivity index (χ3n) is 6.31. The van der Waals surface area contributed by atoms with Crippen LogP contribution in [0.5, 0.6) is 0 Å². The summed E-state index contributed by atoms with van der Waals surface area (Å²) in [7, 11) is 0. The topological polar surface area (TPSA) is 48.3 Å². The lowest BCUT2D eigenvalue weighted by atomic mass is 9.84. The number of ketones is 1. The third-order valence-corrected chi connectivity index (χ3v) is 6.31. The van der Waals surface area contributed by atoms with Gasteiger partial charge in [0.1, 0.15) is 0 Å². The number of benzene rings is 2. The molecule has 0 radical (unpaired) electrons. The van der Waals surface area contributed by atoms with E-state index in [0.717, 1.165) is 17.1 Å². The van der Waals surface area contributed by atoms with E-state index in [4.69, 9.17) is 4.74 Å². The first-order valence-corrected chi connectivity index (χ1v) is 11.1. The van der Waals surface area contributed by atoms with E-state index in [0.29, 0.717) is 17.0 Å². The number of ether oxygens (including phenoxy) is 1. The lowest BCUT2D eigenvalue weighted by molar-refractivity contribution is 0.0474. The molecule has 160 valence electrons. The first kappa shape index (κ1) is 21.1. The summed E-state index contributed by atoms with van der Waals surface area (Å²) in [6, 6.07) is 19.5. The van der Waals surface area contributed by atoms with Gasteiger partial charge in [0.2, 0.25) is 0 Å². The number of aromatic nitrogens is 1. The summed E-state index contributed by atoms with van der Waals surface area (Å²) in [6.07, 6.45) is 6.35. The maximum absolute atomic E-state index is 12.7. The first-order valence-electron chi connectivity index (χ1n) is 11.1. The smallest absolute Gasteiger partial charge is 0.340 e. The molecule has 31 heavy (non-hydrogen) atoms. The molecule has 0 aliphatic heterocycles. The normalized spacial score (nSPS) is 14.4. The van der Waals surface area contributed by atoms with Crippen LogP contribution in [0, 0.1) is 13.8 Å². The zero-order valence-electron chi connectivity index (χ0n) is 18.3. The molecule has 4 nitrogen and oxygen atoms in total. The quantitative estimate of drug-likeness (QED) is 0.357. The van der Waals surface area contributed by atoms with Crippen molar-refractivity contribution < 1.29 is 14.3 Å². The maximum Gasteiger partial charge on any atom is 0.340 e. The molecule has 1 aliphatic carbocycles. The minimum atomic E-state index is -0.470. The highest BCUT2D eigenvalue weighted by Crippen LogP contribution is 2.32. The first-order chi connectivity index (χ1) is 15.0. The summed E-state index contributed by atoms with van der Waals surface area (Å²) in [4.78, 5) is 25.2. The van der Waals surface area contributed by atoms with Crippen molar-refractivity contribution in [1.29, 1.82) is 0 Å². The fourth-order valence-electron chi connectivity index (χ4n) is 4.61. The van der Waals surface area contributed by atoms with Crippen molar-refractivity contribution in [3.05, 3.63) is 88.7 Å². The van der Waals surface area contributed by atoms with E-state index in [9.17, 15) is 9.59 Å². The minimum Gasteiger partial charge on any atom is -0.454 e. The Hall–Kier alpha value is -3.14. The van der Waals surface area contributed by atoms with Crippen LogP contribution in [-0.2, 0) is 4.74 Å². The van der Waals surface area contributed by atoms with E-state index in [-0.39, 0.29) is 12.4 Å². The molecular formula is C27H29NO3. The second kappa shape index (κ2) is 9.34. The van der Waals surface area contributed by atoms with Gasteiger partial charge in [0.25, 0.3) is 0 Å². The van der Waals surface area contributed by atoms with Crippen LogP contribution < -0.4 is 0 Å². The molecule has 1 saturated carbocycles. The van der Waals surface area contributed by atoms with Gasteiger partial charge in [-0.2, -0.15) is 0 Å². The number of hydrogen-bond donors (Lipinski definition) is 0. The molecule has 0 bridgehead atoms. The molecule has 2 aromatic carbocycles. The SMILES string of the molecule is Cc1cc(C(=O)OCC(=O)c2ccc(C3CCCCC3)cc2)c(C)n1-c1ccccc1. The maximum atomic E-state index is 12.7. The molecule has 0 amide bonds. The van der Waals surface area contributed by atoms with Gasteiger partial charge in [-0.25, -0.2) is 4.79 Å². The number of carbonyl (C=O) groups excluding carboxylic acids is 2. The molecule has 4 heteroatoms. The van der Waals surface area contributed by atoms with E-state index in [1.54, 1.807) is 0 Å². The van der Waals surface area contributed by atoms with Crippen molar-refractivity contribution in [3.63, 3.8) is 0 Å². The standard InChI is InChI=1S/C27H29NO3/c1-19-17-25(20(2)28(19)24-11-7-4-8-12-24)27(30)31-18-26(29)23-15-13-22(14-16-23)21-9-5-3-6-10-21/h4,7-8,11-17,21H,3,5-6,9-10,18H2,1-2H3. The van der Waals surface area contributed by atoms with E-state index < -0.39 is 5.97 Å². The molecule has 1 fully saturated rings. The number of para-hydroxylation sites is 1. The Morgan fingerprint density at radius 1 is 0.935 bits per heavy atom. The number of esters is 1. The summed E-state index contributed by atoms with van der Waals surface area (Å²) >= 11 is 0. The van der Waals surface area contributed by atoms with Gasteiger partial charge in [0.15, 0.2) is 12.4 Å². The number of carbonyl (C=O) groups is 2. The van der Waals surface area contributed by atoms with Crippen molar-refractivity contribution in [2.45, 2.75) is 51.9 Å². The fourth-order valence-corrected chi connectivity index (χ4v) is 4.61. The molecule has 1 aromatic heterocycles. The van der Waals surface area contributed by atoms with E-state index in [1.165, 1.54) is 37.7 Å². The van der Waals surface area contributed by atoms with Gasteiger partial charge in [0, 0.05) is 22.6 Å². The van der Waals surface area contributed by atoms with Crippen molar-refractivity contribution in [2.75, 3.05) is 6.61 Å². The highest BCUT2D eigenvalue weighted by atomic mass is 16.5. The zero-order valence-corrected chi connectivity index (χ0v) is 18.3. The monoisotopic (exact) mass is 415 g/mol. The molecule has 3 aromatic rings. The fraction of sp³-hybridized carbons (Fsp3) is 0.333. The van der Waals surface area contributed by atoms with Crippen molar-refractivity contribution >= 4 is 11.8 Å². The van der Waals surface area contributed by atoms with Crippen LogP contribution in [0.3, 0.4) is 0 Å². The Bertz CT molecular complexity index is 1060. The summed E-state index contributed by atoms with van der Waals surface area (Å²) in [5.74, 6) is -0.0431. The van der Waals surface area contributed by atoms with Crippen LogP contribution in [-0.4, -0.2) is 22.9 Å². The van der Waals surface area contributed by atoms with Gasteiger partial charge < -0.3 is 9.30 Å². The third kappa shape index (κ3) is 4.63. The largest absolute Gasteiger partial charge is 0.454 e. The minimum absolute atomic E-state index is 0.180. The van der Waals surface area contributed by atoms with Gasteiger partial charge in [0.05, 0.1) is 5.56 Å². The molecule has 0 spiro atoms. The molecule has 0 unspecified atom stereocenters. The van der Waals surface area contributed by atoms with Crippen molar-refractivity contribution in [1.82, 2.24) is 4.57 Å². The van der Waals surface area contributed by atoms with Crippen LogP contribution in [0.15, 0.2) is 60.7 Å². The van der Waals surface area contributed by atoms with Crippen LogP contribution in [0.4, 0.5) is 0 Å². The second-order valence-electron chi connectivity index (χ2n) is 8.41. The van der Waals surface area contributed by atoms with Crippen LogP contribution in [0.25, 0.3) is 5.69 Å². The van der Waals surface area contributed by atoms with Gasteiger partial charge in [-0.3, -0.25) is 4.79 Å². The Balaban J connectivity index is 1.40. The Kier molecular flexibility index (Phi) is 6.36. The number of hydrogen-bond acceptors (Lipinski definition) is 3. The van der Waals surface area contributed by atoms with E-state index in [1.807, 2.05) is 66.9 Å². The Morgan fingerprint density at radius 3 is 2.29 bits per heavy atom. The van der Waals surface area contributed by atoms with Crippen LogP contribution >= 0.6 is 0 Å². The highest BCUT2D eigenvalue weighted by Gasteiger charge is 2.20. The van der Waals surface area contributed by atoms with E-state index in [2.05, 4.69) is 12.1 Å². The molecule has 1 aliphatic rings. The predicted octanol–water partition coefficient (Wildman–Crippen LogP) is 6.18. The predicted molar refractivity (Wildman–Crippen MR) is 122 cm³/mol. The Morgan fingerprint density at radius 2 is 1.61 bits per heavy atom. The molecule has 0 atom stereocenters. The van der Waals surface area contributed by atoms with Gasteiger partial charge in [-0.1, -0.05) is 61.7 Å². The van der Waals surface area contributed by atoms with Crippen molar-refractivity contribution in [3.8, 4) is 5.69 Å². The van der Waals surface area contributed by atoms with Gasteiger partial charge in [-0.05, 0) is 56.4 Å². The zero-order chi connectivity index (χ0) is 21.8. The van der Waals surface area contributed by atoms with Crippen molar-refractivity contribution in [2.24, 2.45) is 0 Å². The van der Waals surface area contributed by atoms with E-state index >= 15 is 0 Å². The van der Waals surface area contributed by atoms with Gasteiger partial charge >= 0.3 is 5.97 Å². The van der Waals surface area contributed by atoms with Gasteiger partial charge in [-0.15, -0.1) is 0 Å². The summed E-state index contributed by atoms with van der Waals surface area (Å²) in [5, 5.41) is 0. The molecule has 0 N–H and O–H groups in total. The average molecular weight is 416 g/mol. The number of aryl methyl sites for hydroxylation is 1. The number of Topliss-reactive ketones (excluding diaryl/α,β-unsaturated/α-hetero) is 1. The molecular weight excluding hydrogens is 386 g/mol. The summed E-state index contributed by atoms with van der Waals surface area (Å²) in [5.41, 5.74) is 5.12. The number of rotatable bonds is 6. The van der Waals surface area contributed by atoms with Crippen LogP contribution in [0.2, 0.25) is 0 Å². The lowest BCUT2D eigenvalue weighted by Crippen LogP contribution is -2.15. The molecule has 0 saturated heterocycles. The number of nitrogens with zero attached hydrogens (tertiary/aromatic N) is 1. The van der Waals surface area contributed by atoms with Crippen LogP contribution in [0.1, 0.15) is 75.7 Å².